The van der Waals surface area contributed by atoms with E-state index in [9.17, 15) is 9.59 Å². The normalized spacial score (nSPS) is 15.6. The molecule has 3 aromatic rings. The SMILES string of the molecule is CC(C)(C)OC(=O)Nc1ccc(C2=NN(C(=O)c3ccc(Br)cc3)C(c3ccccc3)C2)cn1. The predicted molar refractivity (Wildman–Crippen MR) is 135 cm³/mol. The van der Waals surface area contributed by atoms with Crippen LogP contribution in [0.15, 0.2) is 82.5 Å². The summed E-state index contributed by atoms with van der Waals surface area (Å²) in [6.45, 7) is 5.39. The molecule has 0 bridgehead atoms. The Hall–Kier alpha value is -3.52. The number of pyridine rings is 1. The number of benzene rings is 2. The minimum absolute atomic E-state index is 0.174. The standard InChI is InChI=1S/C26H25BrN4O3/c1-26(2,3)34-25(33)29-23-14-11-19(16-28-23)21-15-22(17-7-5-4-6-8-17)31(30-21)24(32)18-9-12-20(27)13-10-18/h4-14,16,22H,15H2,1-3H3,(H,28,29,33). The maximum absolute atomic E-state index is 13.3. The Morgan fingerprint density at radius 1 is 1.03 bits per heavy atom. The number of halogens is 1. The lowest BCUT2D eigenvalue weighted by Crippen LogP contribution is -2.27. The summed E-state index contributed by atoms with van der Waals surface area (Å²) in [6.07, 6.45) is 1.62. The molecule has 1 aliphatic rings. The Morgan fingerprint density at radius 2 is 1.74 bits per heavy atom. The van der Waals surface area contributed by atoms with Gasteiger partial charge < -0.3 is 4.74 Å². The minimum Gasteiger partial charge on any atom is -0.444 e. The number of hydrogen-bond acceptors (Lipinski definition) is 5. The van der Waals surface area contributed by atoms with Crippen LogP contribution < -0.4 is 5.32 Å². The molecule has 1 unspecified atom stereocenters. The summed E-state index contributed by atoms with van der Waals surface area (Å²) in [5, 5.41) is 8.86. The number of anilines is 1. The number of hydrogen-bond donors (Lipinski definition) is 1. The average molecular weight is 521 g/mol. The van der Waals surface area contributed by atoms with Gasteiger partial charge in [0.1, 0.15) is 11.4 Å². The summed E-state index contributed by atoms with van der Waals surface area (Å²) in [4.78, 5) is 29.7. The largest absolute Gasteiger partial charge is 0.444 e. The van der Waals surface area contributed by atoms with Gasteiger partial charge in [-0.25, -0.2) is 14.8 Å². The Labute approximate surface area is 207 Å². The van der Waals surface area contributed by atoms with Crippen LogP contribution in [0.5, 0.6) is 0 Å². The first-order valence-electron chi connectivity index (χ1n) is 10.9. The zero-order valence-electron chi connectivity index (χ0n) is 19.2. The number of amides is 2. The molecule has 0 saturated carbocycles. The first kappa shape index (κ1) is 23.6. The summed E-state index contributed by atoms with van der Waals surface area (Å²) in [6, 6.07) is 20.4. The molecule has 1 atom stereocenters. The molecular formula is C26H25BrN4O3. The van der Waals surface area contributed by atoms with Gasteiger partial charge >= 0.3 is 6.09 Å². The van der Waals surface area contributed by atoms with Crippen molar-refractivity contribution < 1.29 is 14.3 Å². The van der Waals surface area contributed by atoms with Crippen molar-refractivity contribution in [2.24, 2.45) is 5.10 Å². The fourth-order valence-corrected chi connectivity index (χ4v) is 3.84. The van der Waals surface area contributed by atoms with E-state index < -0.39 is 11.7 Å². The molecule has 0 spiro atoms. The van der Waals surface area contributed by atoms with E-state index in [-0.39, 0.29) is 11.9 Å². The van der Waals surface area contributed by atoms with Gasteiger partial charge in [0.25, 0.3) is 5.91 Å². The first-order chi connectivity index (χ1) is 16.2. The van der Waals surface area contributed by atoms with E-state index in [2.05, 4.69) is 26.2 Å². The number of carbonyl (C=O) groups is 2. The molecule has 2 amide bonds. The third kappa shape index (κ3) is 5.69. The lowest BCUT2D eigenvalue weighted by atomic mass is 9.99. The number of aromatic nitrogens is 1. The van der Waals surface area contributed by atoms with Gasteiger partial charge in [-0.3, -0.25) is 10.1 Å². The third-order valence-corrected chi connectivity index (χ3v) is 5.65. The van der Waals surface area contributed by atoms with Crippen molar-refractivity contribution in [3.8, 4) is 0 Å². The zero-order valence-corrected chi connectivity index (χ0v) is 20.7. The van der Waals surface area contributed by atoms with Crippen LogP contribution in [0, 0.1) is 0 Å². The molecule has 7 nitrogen and oxygen atoms in total. The van der Waals surface area contributed by atoms with Gasteiger partial charge in [0.15, 0.2) is 0 Å². The van der Waals surface area contributed by atoms with Gasteiger partial charge in [0.05, 0.1) is 11.8 Å². The average Bonchev–Trinajstić information content (AvgIpc) is 3.24. The maximum atomic E-state index is 13.3. The molecule has 0 fully saturated rings. The highest BCUT2D eigenvalue weighted by Crippen LogP contribution is 2.34. The van der Waals surface area contributed by atoms with Gasteiger partial charge in [-0.2, -0.15) is 5.10 Å². The minimum atomic E-state index is -0.597. The van der Waals surface area contributed by atoms with Crippen molar-refractivity contribution in [1.82, 2.24) is 9.99 Å². The van der Waals surface area contributed by atoms with E-state index in [0.717, 1.165) is 21.3 Å². The van der Waals surface area contributed by atoms with Crippen LogP contribution in [0.4, 0.5) is 10.6 Å². The molecular weight excluding hydrogens is 496 g/mol. The Morgan fingerprint density at radius 3 is 2.35 bits per heavy atom. The molecule has 4 rings (SSSR count). The van der Waals surface area contributed by atoms with E-state index in [1.165, 1.54) is 0 Å². The van der Waals surface area contributed by atoms with Crippen LogP contribution in [0.2, 0.25) is 0 Å². The molecule has 8 heteroatoms. The number of nitrogens with zero attached hydrogens (tertiary/aromatic N) is 3. The van der Waals surface area contributed by atoms with Gasteiger partial charge in [-0.1, -0.05) is 46.3 Å². The second kappa shape index (κ2) is 9.77. The highest BCUT2D eigenvalue weighted by Gasteiger charge is 2.33. The third-order valence-electron chi connectivity index (χ3n) is 5.12. The molecule has 1 N–H and O–H groups in total. The highest BCUT2D eigenvalue weighted by atomic mass is 79.9. The number of ether oxygens (including phenoxy) is 1. The molecule has 2 heterocycles. The Balaban J connectivity index is 1.57. The van der Waals surface area contributed by atoms with Crippen LogP contribution in [0.25, 0.3) is 0 Å². The number of hydrazone groups is 1. The van der Waals surface area contributed by atoms with Gasteiger partial charge in [-0.15, -0.1) is 0 Å². The zero-order chi connectivity index (χ0) is 24.3. The second-order valence-corrected chi connectivity index (χ2v) is 9.81. The van der Waals surface area contributed by atoms with Gasteiger partial charge in [0, 0.05) is 28.2 Å². The van der Waals surface area contributed by atoms with Crippen molar-refractivity contribution in [3.05, 3.63) is 94.1 Å². The van der Waals surface area contributed by atoms with Gasteiger partial charge in [-0.05, 0) is 62.7 Å². The van der Waals surface area contributed by atoms with Crippen molar-refractivity contribution in [2.75, 3.05) is 5.32 Å². The van der Waals surface area contributed by atoms with E-state index >= 15 is 0 Å². The molecule has 2 aromatic carbocycles. The second-order valence-electron chi connectivity index (χ2n) is 8.89. The van der Waals surface area contributed by atoms with Crippen LogP contribution in [0.1, 0.15) is 54.7 Å². The van der Waals surface area contributed by atoms with Crippen LogP contribution in [0.3, 0.4) is 0 Å². The van der Waals surface area contributed by atoms with E-state index in [4.69, 9.17) is 9.84 Å². The molecule has 0 aliphatic carbocycles. The first-order valence-corrected chi connectivity index (χ1v) is 11.7. The predicted octanol–water partition coefficient (Wildman–Crippen LogP) is 6.18. The lowest BCUT2D eigenvalue weighted by Gasteiger charge is -2.22. The quantitative estimate of drug-likeness (QED) is 0.444. The molecule has 1 aromatic heterocycles. The maximum Gasteiger partial charge on any atom is 0.413 e. The van der Waals surface area contributed by atoms with Crippen LogP contribution in [-0.4, -0.2) is 33.3 Å². The van der Waals surface area contributed by atoms with Crippen LogP contribution >= 0.6 is 15.9 Å². The summed E-state index contributed by atoms with van der Waals surface area (Å²) in [7, 11) is 0. The van der Waals surface area contributed by atoms with Crippen molar-refractivity contribution in [3.63, 3.8) is 0 Å². The number of carbonyl (C=O) groups excluding carboxylic acids is 2. The summed E-state index contributed by atoms with van der Waals surface area (Å²) >= 11 is 3.41. The van der Waals surface area contributed by atoms with Crippen molar-refractivity contribution in [1.29, 1.82) is 0 Å². The molecule has 0 radical (unpaired) electrons. The number of nitrogens with one attached hydrogen (secondary N) is 1. The molecule has 174 valence electrons. The van der Waals surface area contributed by atoms with Gasteiger partial charge in [0.2, 0.25) is 0 Å². The van der Waals surface area contributed by atoms with Crippen LogP contribution in [-0.2, 0) is 4.74 Å². The summed E-state index contributed by atoms with van der Waals surface area (Å²) in [5.74, 6) is 0.200. The Kier molecular flexibility index (Phi) is 6.79. The Bertz CT molecular complexity index is 1200. The molecule has 0 saturated heterocycles. The molecule has 34 heavy (non-hydrogen) atoms. The highest BCUT2D eigenvalue weighted by molar-refractivity contribution is 9.10. The summed E-state index contributed by atoms with van der Waals surface area (Å²) in [5.41, 5.74) is 2.49. The fraction of sp³-hybridized carbons (Fsp3) is 0.231. The monoisotopic (exact) mass is 520 g/mol. The fourth-order valence-electron chi connectivity index (χ4n) is 3.58. The molecule has 1 aliphatic heterocycles. The van der Waals surface area contributed by atoms with E-state index in [1.807, 2.05) is 48.5 Å². The summed E-state index contributed by atoms with van der Waals surface area (Å²) < 4.78 is 6.17. The van der Waals surface area contributed by atoms with E-state index in [0.29, 0.717) is 17.8 Å². The topological polar surface area (TPSA) is 83.9 Å². The van der Waals surface area contributed by atoms with Crippen molar-refractivity contribution in [2.45, 2.75) is 38.8 Å². The van der Waals surface area contributed by atoms with Crippen molar-refractivity contribution >= 4 is 39.5 Å². The lowest BCUT2D eigenvalue weighted by molar-refractivity contribution is 0.0634. The van der Waals surface area contributed by atoms with E-state index in [1.54, 1.807) is 50.2 Å². The smallest absolute Gasteiger partial charge is 0.413 e. The number of rotatable bonds is 4.